The molecule has 3 nitrogen and oxygen atoms in total. The van der Waals surface area contributed by atoms with Crippen molar-refractivity contribution in [2.45, 2.75) is 0 Å². The van der Waals surface area contributed by atoms with Crippen LogP contribution in [0.4, 0.5) is 17.1 Å². The fraction of sp³-hybridized carbons (Fsp3) is 0. The highest BCUT2D eigenvalue weighted by atomic mass is 16.3. The summed E-state index contributed by atoms with van der Waals surface area (Å²) < 4.78 is 13.1. The van der Waals surface area contributed by atoms with Gasteiger partial charge in [-0.05, 0) is 104 Å². The van der Waals surface area contributed by atoms with Gasteiger partial charge in [-0.15, -0.1) is 0 Å². The summed E-state index contributed by atoms with van der Waals surface area (Å²) >= 11 is 0. The molecule has 0 aliphatic rings. The Hall–Kier alpha value is -8.14. The van der Waals surface area contributed by atoms with E-state index in [2.05, 4.69) is 211 Å². The van der Waals surface area contributed by atoms with Gasteiger partial charge < -0.3 is 13.7 Å². The van der Waals surface area contributed by atoms with Crippen molar-refractivity contribution in [1.82, 2.24) is 0 Å². The molecule has 0 aliphatic carbocycles. The molecule has 0 bridgehead atoms. The molecule has 0 fully saturated rings. The van der Waals surface area contributed by atoms with Gasteiger partial charge in [0.25, 0.3) is 0 Å². The number of hydrogen-bond acceptors (Lipinski definition) is 3. The lowest BCUT2D eigenvalue weighted by molar-refractivity contribution is 0.669. The first-order valence-electron chi connectivity index (χ1n) is 20.7. The zero-order valence-electron chi connectivity index (χ0n) is 33.1. The van der Waals surface area contributed by atoms with Crippen molar-refractivity contribution in [2.24, 2.45) is 0 Å². The van der Waals surface area contributed by atoms with E-state index in [0.717, 1.165) is 94.3 Å². The van der Waals surface area contributed by atoms with Gasteiger partial charge in [0.1, 0.15) is 16.7 Å². The summed E-state index contributed by atoms with van der Waals surface area (Å²) in [6.45, 7) is 0. The minimum Gasteiger partial charge on any atom is -0.455 e. The van der Waals surface area contributed by atoms with E-state index in [1.54, 1.807) is 0 Å². The van der Waals surface area contributed by atoms with E-state index in [4.69, 9.17) is 8.83 Å². The summed E-state index contributed by atoms with van der Waals surface area (Å²) in [4.78, 5) is 2.31. The second-order valence-electron chi connectivity index (χ2n) is 15.7. The molecular formula is C58H37NO2. The molecule has 0 aliphatic heterocycles. The average Bonchev–Trinajstić information content (AvgIpc) is 3.91. The molecule has 0 unspecified atom stereocenters. The van der Waals surface area contributed by atoms with Crippen molar-refractivity contribution < 1.29 is 8.83 Å². The zero-order chi connectivity index (χ0) is 40.3. The minimum absolute atomic E-state index is 0.859. The number of hydrogen-bond donors (Lipinski definition) is 0. The molecule has 10 aromatic carbocycles. The van der Waals surface area contributed by atoms with Crippen LogP contribution in [0.25, 0.3) is 99.2 Å². The highest BCUT2D eigenvalue weighted by Crippen LogP contribution is 2.44. The Labute approximate surface area is 353 Å². The standard InChI is InChI=1S/C58H37NO2/c1-2-12-40(13-3-1)49-21-10-22-52-53-37-44(30-35-56(53)60-57(49)52)43-17-8-16-42(36-43)38-26-31-45(32-27-38)59(54-24-11-23-51-50-19-6-7-25-55(50)61-58(51)54)46-33-28-41(29-34-46)48-20-9-15-39-14-4-5-18-47(39)48/h1-37H. The SMILES string of the molecule is c1ccc(-c2cccc3c2oc2ccc(-c4cccc(-c5ccc(N(c6ccc(-c7cccc8ccccc78)cc6)c6cccc7c6oc6ccccc67)cc5)c4)cc23)cc1. The van der Waals surface area contributed by atoms with Gasteiger partial charge in [-0.1, -0.05) is 170 Å². The largest absolute Gasteiger partial charge is 0.455 e. The van der Waals surface area contributed by atoms with Crippen molar-refractivity contribution in [3.63, 3.8) is 0 Å². The maximum atomic E-state index is 6.62. The van der Waals surface area contributed by atoms with Crippen LogP contribution in [0.15, 0.2) is 233 Å². The summed E-state index contributed by atoms with van der Waals surface area (Å²) in [6.07, 6.45) is 0. The first-order valence-corrected chi connectivity index (χ1v) is 20.7. The van der Waals surface area contributed by atoms with Gasteiger partial charge in [0.2, 0.25) is 0 Å². The van der Waals surface area contributed by atoms with Gasteiger partial charge in [-0.3, -0.25) is 0 Å². The summed E-state index contributed by atoms with van der Waals surface area (Å²) in [5, 5.41) is 6.92. The lowest BCUT2D eigenvalue weighted by Gasteiger charge is -2.26. The van der Waals surface area contributed by atoms with Gasteiger partial charge in [0.15, 0.2) is 5.58 Å². The molecule has 286 valence electrons. The van der Waals surface area contributed by atoms with Crippen molar-refractivity contribution in [3.8, 4) is 44.5 Å². The third kappa shape index (κ3) is 5.98. The van der Waals surface area contributed by atoms with Gasteiger partial charge in [0, 0.05) is 38.5 Å². The smallest absolute Gasteiger partial charge is 0.159 e. The van der Waals surface area contributed by atoms with Gasteiger partial charge >= 0.3 is 0 Å². The quantitative estimate of drug-likeness (QED) is 0.161. The number of benzene rings is 10. The first kappa shape index (κ1) is 34.9. The Kier molecular flexibility index (Phi) is 8.17. The number of para-hydroxylation sites is 3. The molecule has 12 aromatic rings. The van der Waals surface area contributed by atoms with Crippen molar-refractivity contribution in [1.29, 1.82) is 0 Å². The Morgan fingerprint density at radius 2 is 0.787 bits per heavy atom. The summed E-state index contributed by atoms with van der Waals surface area (Å²) in [5.74, 6) is 0. The van der Waals surface area contributed by atoms with Gasteiger partial charge in [-0.2, -0.15) is 0 Å². The summed E-state index contributed by atoms with van der Waals surface area (Å²) in [5.41, 5.74) is 15.9. The minimum atomic E-state index is 0.859. The number of furan rings is 2. The molecule has 61 heavy (non-hydrogen) atoms. The van der Waals surface area contributed by atoms with E-state index >= 15 is 0 Å². The van der Waals surface area contributed by atoms with E-state index in [9.17, 15) is 0 Å². The Morgan fingerprint density at radius 1 is 0.279 bits per heavy atom. The van der Waals surface area contributed by atoms with E-state index in [-0.39, 0.29) is 0 Å². The van der Waals surface area contributed by atoms with Crippen molar-refractivity contribution in [3.05, 3.63) is 224 Å². The first-order chi connectivity index (χ1) is 30.2. The molecule has 2 heterocycles. The molecule has 12 rings (SSSR count). The number of nitrogens with zero attached hydrogens (tertiary/aromatic N) is 1. The molecule has 0 saturated heterocycles. The Balaban J connectivity index is 0.922. The van der Waals surface area contributed by atoms with E-state index in [1.165, 1.54) is 21.9 Å². The Bertz CT molecular complexity index is 3570. The molecular weight excluding hydrogens is 743 g/mol. The highest BCUT2D eigenvalue weighted by Gasteiger charge is 2.20. The van der Waals surface area contributed by atoms with Crippen LogP contribution in [0.3, 0.4) is 0 Å². The van der Waals surface area contributed by atoms with Crippen molar-refractivity contribution in [2.75, 3.05) is 4.90 Å². The third-order valence-corrected chi connectivity index (χ3v) is 12.1. The molecule has 0 spiro atoms. The summed E-state index contributed by atoms with van der Waals surface area (Å²) in [7, 11) is 0. The molecule has 0 N–H and O–H groups in total. The molecule has 0 saturated carbocycles. The monoisotopic (exact) mass is 779 g/mol. The molecule has 0 radical (unpaired) electrons. The van der Waals surface area contributed by atoms with Crippen molar-refractivity contribution >= 4 is 71.7 Å². The van der Waals surface area contributed by atoms with Crippen LogP contribution >= 0.6 is 0 Å². The fourth-order valence-electron chi connectivity index (χ4n) is 9.11. The molecule has 0 amide bonds. The predicted octanol–water partition coefficient (Wildman–Crippen LogP) is 16.8. The average molecular weight is 780 g/mol. The van der Waals surface area contributed by atoms with E-state index in [0.29, 0.717) is 0 Å². The predicted molar refractivity (Wildman–Crippen MR) is 255 cm³/mol. The zero-order valence-corrected chi connectivity index (χ0v) is 33.1. The van der Waals surface area contributed by atoms with Crippen LogP contribution in [0.1, 0.15) is 0 Å². The number of fused-ring (bicyclic) bond motifs is 7. The second-order valence-corrected chi connectivity index (χ2v) is 15.7. The topological polar surface area (TPSA) is 29.5 Å². The van der Waals surface area contributed by atoms with Gasteiger partial charge in [0.05, 0.1) is 5.69 Å². The van der Waals surface area contributed by atoms with E-state index in [1.807, 2.05) is 18.2 Å². The maximum absolute atomic E-state index is 6.62. The second kappa shape index (κ2) is 14.3. The van der Waals surface area contributed by atoms with Crippen LogP contribution in [0.5, 0.6) is 0 Å². The van der Waals surface area contributed by atoms with Crippen LogP contribution in [-0.2, 0) is 0 Å². The Morgan fingerprint density at radius 3 is 1.61 bits per heavy atom. The third-order valence-electron chi connectivity index (χ3n) is 12.1. The highest BCUT2D eigenvalue weighted by molar-refractivity contribution is 6.12. The van der Waals surface area contributed by atoms with Crippen LogP contribution in [0.2, 0.25) is 0 Å². The molecule has 0 atom stereocenters. The van der Waals surface area contributed by atoms with E-state index < -0.39 is 0 Å². The fourth-order valence-corrected chi connectivity index (χ4v) is 9.11. The normalized spacial score (nSPS) is 11.6. The maximum Gasteiger partial charge on any atom is 0.159 e. The van der Waals surface area contributed by atoms with Crippen LogP contribution < -0.4 is 4.90 Å². The number of anilines is 3. The van der Waals surface area contributed by atoms with Crippen LogP contribution in [0, 0.1) is 0 Å². The van der Waals surface area contributed by atoms with Gasteiger partial charge in [-0.25, -0.2) is 0 Å². The van der Waals surface area contributed by atoms with Crippen LogP contribution in [-0.4, -0.2) is 0 Å². The molecule has 3 heteroatoms. The lowest BCUT2D eigenvalue weighted by atomic mass is 9.97. The number of rotatable bonds is 7. The molecule has 2 aromatic heterocycles. The summed E-state index contributed by atoms with van der Waals surface area (Å²) in [6, 6.07) is 79.8. The lowest BCUT2D eigenvalue weighted by Crippen LogP contribution is -2.10.